The predicted octanol–water partition coefficient (Wildman–Crippen LogP) is 0.823. The fraction of sp³-hybridized carbons (Fsp3) is 0.364. The monoisotopic (exact) mass is 271 g/mol. The van der Waals surface area contributed by atoms with E-state index in [1.54, 1.807) is 25.6 Å². The SMILES string of the molecule is CC(C)(C)C(=O)Nc1ccc(S(=O)(=O)NN)cc1. The predicted molar refractivity (Wildman–Crippen MR) is 69.0 cm³/mol. The fourth-order valence-electron chi connectivity index (χ4n) is 1.10. The van der Waals surface area contributed by atoms with E-state index in [1.807, 2.05) is 0 Å². The maximum absolute atomic E-state index is 11.7. The Morgan fingerprint density at radius 2 is 1.67 bits per heavy atom. The Balaban J connectivity index is 2.89. The molecule has 7 heteroatoms. The van der Waals surface area contributed by atoms with Crippen molar-refractivity contribution in [1.82, 2.24) is 4.83 Å². The highest BCUT2D eigenvalue weighted by atomic mass is 32.2. The van der Waals surface area contributed by atoms with E-state index in [-0.39, 0.29) is 10.8 Å². The summed E-state index contributed by atoms with van der Waals surface area (Å²) < 4.78 is 22.7. The summed E-state index contributed by atoms with van der Waals surface area (Å²) in [5.41, 5.74) is 0.0229. The van der Waals surface area contributed by atoms with Gasteiger partial charge in [-0.2, -0.15) is 4.83 Å². The van der Waals surface area contributed by atoms with Crippen LogP contribution in [-0.4, -0.2) is 14.3 Å². The van der Waals surface area contributed by atoms with Gasteiger partial charge < -0.3 is 5.32 Å². The van der Waals surface area contributed by atoms with Crippen molar-refractivity contribution in [3.8, 4) is 0 Å². The third kappa shape index (κ3) is 3.52. The van der Waals surface area contributed by atoms with Gasteiger partial charge in [-0.3, -0.25) is 10.6 Å². The van der Waals surface area contributed by atoms with Crippen LogP contribution in [0.5, 0.6) is 0 Å². The summed E-state index contributed by atoms with van der Waals surface area (Å²) >= 11 is 0. The van der Waals surface area contributed by atoms with Gasteiger partial charge in [-0.15, -0.1) is 0 Å². The van der Waals surface area contributed by atoms with Crippen LogP contribution >= 0.6 is 0 Å². The second-order valence-corrected chi connectivity index (χ2v) is 6.56. The number of sulfonamides is 1. The van der Waals surface area contributed by atoms with Gasteiger partial charge in [-0.05, 0) is 24.3 Å². The lowest BCUT2D eigenvalue weighted by atomic mass is 9.95. The maximum atomic E-state index is 11.7. The smallest absolute Gasteiger partial charge is 0.253 e. The molecular formula is C11H17N3O3S. The van der Waals surface area contributed by atoms with E-state index >= 15 is 0 Å². The summed E-state index contributed by atoms with van der Waals surface area (Å²) in [5, 5.41) is 2.69. The van der Waals surface area contributed by atoms with Crippen LogP contribution in [0.25, 0.3) is 0 Å². The molecule has 6 nitrogen and oxygen atoms in total. The number of rotatable bonds is 3. The number of hydrazine groups is 1. The van der Waals surface area contributed by atoms with Crippen LogP contribution in [0.3, 0.4) is 0 Å². The van der Waals surface area contributed by atoms with Crippen LogP contribution < -0.4 is 16.0 Å². The van der Waals surface area contributed by atoms with Gasteiger partial charge in [0.1, 0.15) is 0 Å². The first-order chi connectivity index (χ1) is 8.16. The number of nitrogens with one attached hydrogen (secondary N) is 2. The first kappa shape index (κ1) is 14.6. The van der Waals surface area contributed by atoms with Gasteiger partial charge in [0.2, 0.25) is 5.91 Å². The Labute approximate surface area is 107 Å². The van der Waals surface area contributed by atoms with Crippen molar-refractivity contribution in [2.24, 2.45) is 11.3 Å². The molecule has 0 atom stereocenters. The van der Waals surface area contributed by atoms with Crippen LogP contribution in [0.1, 0.15) is 20.8 Å². The van der Waals surface area contributed by atoms with Crippen LogP contribution in [0.15, 0.2) is 29.2 Å². The Bertz CT molecular complexity index is 530. The average Bonchev–Trinajstić information content (AvgIpc) is 2.28. The van der Waals surface area contributed by atoms with Crippen LogP contribution in [0.4, 0.5) is 5.69 Å². The molecule has 0 aliphatic rings. The van der Waals surface area contributed by atoms with Gasteiger partial charge in [-0.1, -0.05) is 20.8 Å². The molecule has 0 saturated heterocycles. The van der Waals surface area contributed by atoms with Crippen LogP contribution in [0, 0.1) is 5.41 Å². The Morgan fingerprint density at radius 3 is 2.06 bits per heavy atom. The molecule has 0 radical (unpaired) electrons. The first-order valence-electron chi connectivity index (χ1n) is 5.31. The number of carbonyl (C=O) groups is 1. The number of amides is 1. The molecular weight excluding hydrogens is 254 g/mol. The minimum atomic E-state index is -3.66. The van der Waals surface area contributed by atoms with Crippen molar-refractivity contribution in [3.63, 3.8) is 0 Å². The summed E-state index contributed by atoms with van der Waals surface area (Å²) in [6.07, 6.45) is 0. The van der Waals surface area contributed by atoms with E-state index in [9.17, 15) is 13.2 Å². The average molecular weight is 271 g/mol. The normalized spacial score (nSPS) is 12.2. The number of hydrogen-bond donors (Lipinski definition) is 3. The summed E-state index contributed by atoms with van der Waals surface area (Å²) in [7, 11) is -3.66. The molecule has 18 heavy (non-hydrogen) atoms. The standard InChI is InChI=1S/C11H17N3O3S/c1-11(2,3)10(15)13-8-4-6-9(7-5-8)18(16,17)14-12/h4-7,14H,12H2,1-3H3,(H,13,15). The quantitative estimate of drug-likeness (QED) is 0.559. The lowest BCUT2D eigenvalue weighted by molar-refractivity contribution is -0.123. The first-order valence-corrected chi connectivity index (χ1v) is 6.79. The molecule has 0 bridgehead atoms. The second kappa shape index (κ2) is 5.05. The van der Waals surface area contributed by atoms with Crippen LogP contribution in [0.2, 0.25) is 0 Å². The zero-order valence-electron chi connectivity index (χ0n) is 10.5. The topological polar surface area (TPSA) is 101 Å². The molecule has 0 aliphatic carbocycles. The zero-order chi connectivity index (χ0) is 14.0. The third-order valence-corrected chi connectivity index (χ3v) is 3.46. The van der Waals surface area contributed by atoms with Gasteiger partial charge >= 0.3 is 0 Å². The van der Waals surface area contributed by atoms with Gasteiger partial charge in [0, 0.05) is 11.1 Å². The number of hydrogen-bond acceptors (Lipinski definition) is 4. The minimum Gasteiger partial charge on any atom is -0.326 e. The largest absolute Gasteiger partial charge is 0.326 e. The molecule has 4 N–H and O–H groups in total. The molecule has 0 fully saturated rings. The van der Waals surface area contributed by atoms with E-state index < -0.39 is 15.4 Å². The molecule has 1 aromatic carbocycles. The van der Waals surface area contributed by atoms with E-state index in [0.717, 1.165) is 0 Å². The summed E-state index contributed by atoms with van der Waals surface area (Å²) in [6, 6.07) is 5.75. The summed E-state index contributed by atoms with van der Waals surface area (Å²) in [4.78, 5) is 13.5. The highest BCUT2D eigenvalue weighted by Gasteiger charge is 2.21. The van der Waals surface area contributed by atoms with E-state index in [4.69, 9.17) is 5.84 Å². The lowest BCUT2D eigenvalue weighted by Crippen LogP contribution is -2.30. The van der Waals surface area contributed by atoms with Crippen LogP contribution in [-0.2, 0) is 14.8 Å². The number of carbonyl (C=O) groups excluding carboxylic acids is 1. The molecule has 1 amide bonds. The highest BCUT2D eigenvalue weighted by Crippen LogP contribution is 2.18. The molecule has 0 heterocycles. The van der Waals surface area contributed by atoms with Crippen molar-refractivity contribution in [3.05, 3.63) is 24.3 Å². The second-order valence-electron chi connectivity index (χ2n) is 4.85. The van der Waals surface area contributed by atoms with E-state index in [2.05, 4.69) is 5.32 Å². The van der Waals surface area contributed by atoms with Crippen molar-refractivity contribution < 1.29 is 13.2 Å². The summed E-state index contributed by atoms with van der Waals surface area (Å²) in [5.74, 6) is 4.76. The maximum Gasteiger partial charge on any atom is 0.253 e. The van der Waals surface area contributed by atoms with Gasteiger partial charge in [-0.25, -0.2) is 8.42 Å². The fourth-order valence-corrected chi connectivity index (χ4v) is 1.73. The van der Waals surface area contributed by atoms with Crippen molar-refractivity contribution in [2.75, 3.05) is 5.32 Å². The molecule has 0 unspecified atom stereocenters. The van der Waals surface area contributed by atoms with Gasteiger partial charge in [0.25, 0.3) is 10.0 Å². The molecule has 0 spiro atoms. The van der Waals surface area contributed by atoms with Crippen molar-refractivity contribution >= 4 is 21.6 Å². The van der Waals surface area contributed by atoms with Crippen molar-refractivity contribution in [1.29, 1.82) is 0 Å². The highest BCUT2D eigenvalue weighted by molar-refractivity contribution is 7.89. The van der Waals surface area contributed by atoms with Crippen molar-refractivity contribution in [2.45, 2.75) is 25.7 Å². The Morgan fingerprint density at radius 1 is 1.17 bits per heavy atom. The number of benzene rings is 1. The molecule has 100 valence electrons. The lowest BCUT2D eigenvalue weighted by Gasteiger charge is -2.17. The molecule has 1 aromatic rings. The van der Waals surface area contributed by atoms with Gasteiger partial charge in [0.15, 0.2) is 0 Å². The zero-order valence-corrected chi connectivity index (χ0v) is 11.3. The van der Waals surface area contributed by atoms with E-state index in [0.29, 0.717) is 5.69 Å². The molecule has 0 saturated carbocycles. The van der Waals surface area contributed by atoms with E-state index in [1.165, 1.54) is 24.3 Å². The number of nitrogens with two attached hydrogens (primary N) is 1. The van der Waals surface area contributed by atoms with Gasteiger partial charge in [0.05, 0.1) is 4.90 Å². The Kier molecular flexibility index (Phi) is 4.10. The minimum absolute atomic E-state index is 0.0405. The molecule has 1 rings (SSSR count). The molecule has 0 aliphatic heterocycles. The number of anilines is 1. The Hall–Kier alpha value is -1.44. The third-order valence-electron chi connectivity index (χ3n) is 2.26. The summed E-state index contributed by atoms with van der Waals surface area (Å²) in [6.45, 7) is 5.37. The molecule has 0 aromatic heterocycles.